The number of carbonyl (C=O) groups is 2. The van der Waals surface area contributed by atoms with Crippen molar-refractivity contribution in [3.8, 4) is 11.3 Å². The number of nitrogens with zero attached hydrogens (tertiary/aromatic N) is 4. The number of amides is 1. The molecule has 0 aliphatic rings. The highest BCUT2D eigenvalue weighted by Gasteiger charge is 2.34. The highest BCUT2D eigenvalue weighted by Crippen LogP contribution is 2.31. The first-order chi connectivity index (χ1) is 18.5. The molecule has 4 rings (SSSR count). The molecule has 0 unspecified atom stereocenters. The molecule has 2 heterocycles. The van der Waals surface area contributed by atoms with Crippen molar-refractivity contribution in [3.63, 3.8) is 0 Å². The fourth-order valence-electron chi connectivity index (χ4n) is 4.10. The Labute approximate surface area is 224 Å². The number of halogens is 1. The average Bonchev–Trinajstić information content (AvgIpc) is 3.42. The van der Waals surface area contributed by atoms with Gasteiger partial charge >= 0.3 is 0 Å². The standard InChI is InChI=1S/C28H29FN6O4/c1-16(2)22(23(37)25-33-34-27(39-25)28(3,4)18-10-12-19(29)13-11-18)32-21(36)15-35-20(14-31-24(30)26(35)38)17-8-6-5-7-9-17/h5-14,16,22H,15H2,1-4H3,(H2,30,31)(H,32,36)/t22-/m0/s1. The Morgan fingerprint density at radius 3 is 2.38 bits per heavy atom. The number of carbonyl (C=O) groups excluding carboxylic acids is 2. The number of aromatic nitrogens is 4. The molecule has 0 fully saturated rings. The largest absolute Gasteiger partial charge is 0.417 e. The zero-order valence-electron chi connectivity index (χ0n) is 22.0. The molecule has 0 radical (unpaired) electrons. The minimum Gasteiger partial charge on any atom is -0.417 e. The molecule has 0 aliphatic heterocycles. The van der Waals surface area contributed by atoms with Crippen LogP contribution in [0, 0.1) is 11.7 Å². The number of benzene rings is 2. The molecular formula is C28H29FN6O4. The van der Waals surface area contributed by atoms with Gasteiger partial charge in [0.05, 0.1) is 23.3 Å². The third kappa shape index (κ3) is 5.77. The SMILES string of the molecule is CC(C)[C@H](NC(=O)Cn1c(-c2ccccc2)cnc(N)c1=O)C(=O)c1nnc(C(C)(C)c2ccc(F)cc2)o1. The number of nitrogen functional groups attached to an aromatic ring is 1. The predicted molar refractivity (Wildman–Crippen MR) is 142 cm³/mol. The maximum absolute atomic E-state index is 13.4. The van der Waals surface area contributed by atoms with E-state index in [1.54, 1.807) is 50.2 Å². The van der Waals surface area contributed by atoms with Gasteiger partial charge in [-0.05, 0) is 43.0 Å². The number of anilines is 1. The number of ketones is 1. The van der Waals surface area contributed by atoms with Crippen LogP contribution in [0.1, 0.15) is 49.8 Å². The molecule has 3 N–H and O–H groups in total. The Hall–Kier alpha value is -4.67. The van der Waals surface area contributed by atoms with Crippen molar-refractivity contribution < 1.29 is 18.4 Å². The molecule has 39 heavy (non-hydrogen) atoms. The molecule has 1 atom stereocenters. The van der Waals surface area contributed by atoms with Gasteiger partial charge < -0.3 is 15.5 Å². The summed E-state index contributed by atoms with van der Waals surface area (Å²) >= 11 is 0. The highest BCUT2D eigenvalue weighted by atomic mass is 19.1. The van der Waals surface area contributed by atoms with Gasteiger partial charge in [-0.1, -0.05) is 56.3 Å². The molecule has 0 spiro atoms. The van der Waals surface area contributed by atoms with Crippen LogP contribution in [-0.4, -0.2) is 37.5 Å². The third-order valence-electron chi connectivity index (χ3n) is 6.45. The molecule has 0 bridgehead atoms. The fourth-order valence-corrected chi connectivity index (χ4v) is 4.10. The molecular weight excluding hydrogens is 503 g/mol. The first-order valence-electron chi connectivity index (χ1n) is 12.3. The van der Waals surface area contributed by atoms with E-state index in [-0.39, 0.29) is 35.9 Å². The number of Topliss-reactive ketones (excluding diaryl/α,β-unsaturated/α-hetero) is 1. The van der Waals surface area contributed by atoms with Crippen LogP contribution in [0.15, 0.2) is 70.0 Å². The van der Waals surface area contributed by atoms with Crippen molar-refractivity contribution in [2.75, 3.05) is 5.73 Å². The van der Waals surface area contributed by atoms with Crippen molar-refractivity contribution in [3.05, 3.63) is 94.3 Å². The second-order valence-electron chi connectivity index (χ2n) is 9.98. The van der Waals surface area contributed by atoms with E-state index in [2.05, 4.69) is 20.5 Å². The van der Waals surface area contributed by atoms with Gasteiger partial charge in [-0.3, -0.25) is 19.0 Å². The summed E-state index contributed by atoms with van der Waals surface area (Å²) in [5.74, 6) is -2.22. The third-order valence-corrected chi connectivity index (χ3v) is 6.45. The van der Waals surface area contributed by atoms with Gasteiger partial charge in [0.2, 0.25) is 17.6 Å². The normalized spacial score (nSPS) is 12.4. The minimum atomic E-state index is -1.00. The molecule has 0 saturated heterocycles. The summed E-state index contributed by atoms with van der Waals surface area (Å²) < 4.78 is 20.3. The van der Waals surface area contributed by atoms with Crippen molar-refractivity contribution >= 4 is 17.5 Å². The highest BCUT2D eigenvalue weighted by molar-refractivity contribution is 5.98. The molecule has 0 saturated carbocycles. The maximum atomic E-state index is 13.4. The number of hydrogen-bond acceptors (Lipinski definition) is 8. The molecule has 11 heteroatoms. The first kappa shape index (κ1) is 27.4. The van der Waals surface area contributed by atoms with Gasteiger partial charge in [0, 0.05) is 0 Å². The van der Waals surface area contributed by atoms with E-state index < -0.39 is 28.7 Å². The molecule has 0 aliphatic carbocycles. The van der Waals surface area contributed by atoms with Crippen molar-refractivity contribution in [2.45, 2.75) is 45.7 Å². The lowest BCUT2D eigenvalue weighted by Crippen LogP contribution is -2.46. The molecule has 202 valence electrons. The number of hydrogen-bond donors (Lipinski definition) is 2. The Morgan fingerprint density at radius 1 is 1.08 bits per heavy atom. The lowest BCUT2D eigenvalue weighted by molar-refractivity contribution is -0.122. The van der Waals surface area contributed by atoms with Crippen LogP contribution in [0.4, 0.5) is 10.2 Å². The predicted octanol–water partition coefficient (Wildman–Crippen LogP) is 3.36. The molecule has 2 aromatic carbocycles. The van der Waals surface area contributed by atoms with Crippen LogP contribution in [0.25, 0.3) is 11.3 Å². The monoisotopic (exact) mass is 532 g/mol. The number of nitrogens with one attached hydrogen (secondary N) is 1. The van der Waals surface area contributed by atoms with Crippen LogP contribution in [0.2, 0.25) is 0 Å². The zero-order valence-corrected chi connectivity index (χ0v) is 22.0. The van der Waals surface area contributed by atoms with E-state index >= 15 is 0 Å². The lowest BCUT2D eigenvalue weighted by atomic mass is 9.84. The minimum absolute atomic E-state index is 0.164. The maximum Gasteiger partial charge on any atom is 0.294 e. The molecule has 4 aromatic rings. The van der Waals surface area contributed by atoms with Crippen LogP contribution >= 0.6 is 0 Å². The van der Waals surface area contributed by atoms with Gasteiger partial charge in [-0.2, -0.15) is 0 Å². The second kappa shape index (κ2) is 11.0. The Balaban J connectivity index is 1.56. The Kier molecular flexibility index (Phi) is 7.70. The van der Waals surface area contributed by atoms with Crippen molar-refractivity contribution in [1.29, 1.82) is 0 Å². The summed E-state index contributed by atoms with van der Waals surface area (Å²) in [6.07, 6.45) is 1.42. The van der Waals surface area contributed by atoms with Gasteiger partial charge in [0.25, 0.3) is 11.4 Å². The van der Waals surface area contributed by atoms with E-state index in [1.165, 1.54) is 22.9 Å². The van der Waals surface area contributed by atoms with Gasteiger partial charge in [0.15, 0.2) is 5.82 Å². The topological polar surface area (TPSA) is 146 Å². The molecule has 10 nitrogen and oxygen atoms in total. The van der Waals surface area contributed by atoms with Crippen LogP contribution in [0.3, 0.4) is 0 Å². The average molecular weight is 533 g/mol. The smallest absolute Gasteiger partial charge is 0.294 e. The summed E-state index contributed by atoms with van der Waals surface area (Å²) in [4.78, 5) is 43.2. The number of nitrogens with two attached hydrogens (primary N) is 1. The summed E-state index contributed by atoms with van der Waals surface area (Å²) in [5, 5.41) is 10.7. The van der Waals surface area contributed by atoms with Gasteiger partial charge in [-0.15, -0.1) is 10.2 Å². The summed E-state index contributed by atoms with van der Waals surface area (Å²) in [7, 11) is 0. The van der Waals surface area contributed by atoms with Crippen LogP contribution in [-0.2, 0) is 16.8 Å². The second-order valence-corrected chi connectivity index (χ2v) is 9.98. The summed E-state index contributed by atoms with van der Waals surface area (Å²) in [6, 6.07) is 13.8. The van der Waals surface area contributed by atoms with E-state index in [1.807, 2.05) is 19.9 Å². The summed E-state index contributed by atoms with van der Waals surface area (Å²) in [5.41, 5.74) is 6.10. The first-order valence-corrected chi connectivity index (χ1v) is 12.3. The van der Waals surface area contributed by atoms with E-state index in [9.17, 15) is 18.8 Å². The summed E-state index contributed by atoms with van der Waals surface area (Å²) in [6.45, 7) is 6.75. The van der Waals surface area contributed by atoms with Gasteiger partial charge in [-0.25, -0.2) is 9.37 Å². The van der Waals surface area contributed by atoms with Crippen LogP contribution in [0.5, 0.6) is 0 Å². The van der Waals surface area contributed by atoms with Gasteiger partial charge in [0.1, 0.15) is 12.4 Å². The van der Waals surface area contributed by atoms with E-state index in [0.29, 0.717) is 11.3 Å². The van der Waals surface area contributed by atoms with Crippen molar-refractivity contribution in [2.24, 2.45) is 5.92 Å². The van der Waals surface area contributed by atoms with Crippen LogP contribution < -0.4 is 16.6 Å². The lowest BCUT2D eigenvalue weighted by Gasteiger charge is -2.21. The number of rotatable bonds is 9. The Bertz CT molecular complexity index is 1540. The van der Waals surface area contributed by atoms with Crippen molar-refractivity contribution in [1.82, 2.24) is 25.1 Å². The quantitative estimate of drug-likeness (QED) is 0.312. The van der Waals surface area contributed by atoms with E-state index in [0.717, 1.165) is 5.56 Å². The molecule has 1 amide bonds. The van der Waals surface area contributed by atoms with E-state index in [4.69, 9.17) is 10.2 Å². The zero-order chi connectivity index (χ0) is 28.3. The fraction of sp³-hybridized carbons (Fsp3) is 0.286. The molecule has 2 aromatic heterocycles. The Morgan fingerprint density at radius 2 is 1.74 bits per heavy atom.